The van der Waals surface area contributed by atoms with Crippen molar-refractivity contribution in [2.75, 3.05) is 7.05 Å². The van der Waals surface area contributed by atoms with Crippen molar-refractivity contribution in [2.45, 2.75) is 29.4 Å². The normalized spacial score (nSPS) is 13.9. The van der Waals surface area contributed by atoms with Gasteiger partial charge in [-0.25, -0.2) is 4.79 Å². The fraction of sp³-hybridized carbons (Fsp3) is 0.263. The Morgan fingerprint density at radius 3 is 2.54 bits per heavy atom. The van der Waals surface area contributed by atoms with Crippen LogP contribution in [0.4, 0.5) is 4.79 Å². The van der Waals surface area contributed by atoms with E-state index in [9.17, 15) is 9.59 Å². The molecule has 0 heterocycles. The summed E-state index contributed by atoms with van der Waals surface area (Å²) in [6.45, 7) is 0. The summed E-state index contributed by atoms with van der Waals surface area (Å²) < 4.78 is 0. The number of thioether (sulfide) groups is 1. The van der Waals surface area contributed by atoms with Gasteiger partial charge in [-0.3, -0.25) is 10.1 Å². The summed E-state index contributed by atoms with van der Waals surface area (Å²) in [6, 6.07) is 15.4. The summed E-state index contributed by atoms with van der Waals surface area (Å²) in [5, 5.41) is 4.34. The Morgan fingerprint density at radius 1 is 1.04 bits per heavy atom. The zero-order chi connectivity index (χ0) is 16.9. The molecule has 1 aliphatic rings. The number of rotatable bonds is 4. The average Bonchev–Trinajstić information content (AvgIpc) is 3.08. The van der Waals surface area contributed by atoms with Crippen LogP contribution in [0.15, 0.2) is 53.4 Å². The van der Waals surface area contributed by atoms with Gasteiger partial charge in [0.25, 0.3) is 0 Å². The molecule has 0 unspecified atom stereocenters. The average molecular weight is 340 g/mol. The smallest absolute Gasteiger partial charge is 0.321 e. The fourth-order valence-electron chi connectivity index (χ4n) is 2.90. The number of amides is 3. The van der Waals surface area contributed by atoms with Crippen molar-refractivity contribution < 1.29 is 9.59 Å². The second-order valence-electron chi connectivity index (χ2n) is 5.76. The van der Waals surface area contributed by atoms with Crippen molar-refractivity contribution in [3.8, 4) is 0 Å². The van der Waals surface area contributed by atoms with Crippen LogP contribution in [0.1, 0.15) is 28.4 Å². The molecule has 3 amide bonds. The van der Waals surface area contributed by atoms with E-state index >= 15 is 0 Å². The number of carbonyl (C=O) groups excluding carboxylic acids is 2. The predicted molar refractivity (Wildman–Crippen MR) is 96.1 cm³/mol. The van der Waals surface area contributed by atoms with E-state index in [1.165, 1.54) is 36.4 Å². The Hall–Kier alpha value is -2.27. The third-order valence-corrected chi connectivity index (χ3v) is 5.38. The molecule has 0 fully saturated rings. The number of urea groups is 1. The largest absolute Gasteiger partial charge is 0.341 e. The molecule has 124 valence electrons. The van der Waals surface area contributed by atoms with Gasteiger partial charge in [-0.05, 0) is 48.1 Å². The van der Waals surface area contributed by atoms with Crippen LogP contribution in [0.2, 0.25) is 0 Å². The first-order chi connectivity index (χ1) is 11.7. The van der Waals surface area contributed by atoms with Gasteiger partial charge in [0.1, 0.15) is 5.25 Å². The van der Waals surface area contributed by atoms with Crippen LogP contribution in [0.3, 0.4) is 0 Å². The Bertz CT molecular complexity index is 746. The second-order valence-corrected chi connectivity index (χ2v) is 6.94. The third kappa shape index (κ3) is 3.79. The van der Waals surface area contributed by atoms with Crippen molar-refractivity contribution >= 4 is 23.7 Å². The van der Waals surface area contributed by atoms with E-state index in [0.717, 1.165) is 23.3 Å². The lowest BCUT2D eigenvalue weighted by Gasteiger charge is -2.17. The molecule has 2 aromatic carbocycles. The van der Waals surface area contributed by atoms with Crippen LogP contribution in [0, 0.1) is 0 Å². The van der Waals surface area contributed by atoms with Gasteiger partial charge in [0.2, 0.25) is 5.91 Å². The van der Waals surface area contributed by atoms with E-state index in [1.807, 2.05) is 30.3 Å². The van der Waals surface area contributed by atoms with Gasteiger partial charge in [0.05, 0.1) is 0 Å². The van der Waals surface area contributed by atoms with Crippen LogP contribution in [-0.2, 0) is 17.6 Å². The minimum atomic E-state index is -0.490. The van der Waals surface area contributed by atoms with Crippen LogP contribution in [0.5, 0.6) is 0 Å². The molecule has 3 rings (SSSR count). The molecular formula is C19H20N2O2S. The Labute approximate surface area is 146 Å². The molecule has 24 heavy (non-hydrogen) atoms. The standard InChI is InChI=1S/C19H20N2O2S/c1-20-19(23)21-18(22)17(14-6-3-2-4-7-14)24-16-11-10-13-8-5-9-15(13)12-16/h2-4,6-7,10-12,17H,5,8-9H2,1H3,(H2,20,21,22,23)/t17-/m1/s1. The van der Waals surface area contributed by atoms with E-state index in [-0.39, 0.29) is 5.91 Å². The lowest BCUT2D eigenvalue weighted by atomic mass is 10.1. The maximum absolute atomic E-state index is 12.6. The number of fused-ring (bicyclic) bond motifs is 1. The zero-order valence-electron chi connectivity index (χ0n) is 13.5. The molecule has 0 saturated heterocycles. The number of carbonyl (C=O) groups is 2. The highest BCUT2D eigenvalue weighted by molar-refractivity contribution is 8.00. The van der Waals surface area contributed by atoms with Crippen molar-refractivity contribution in [3.05, 3.63) is 65.2 Å². The van der Waals surface area contributed by atoms with Gasteiger partial charge in [-0.2, -0.15) is 0 Å². The van der Waals surface area contributed by atoms with Gasteiger partial charge in [-0.1, -0.05) is 36.4 Å². The monoisotopic (exact) mass is 340 g/mol. The third-order valence-electron chi connectivity index (χ3n) is 4.13. The van der Waals surface area contributed by atoms with Crippen molar-refractivity contribution in [3.63, 3.8) is 0 Å². The topological polar surface area (TPSA) is 58.2 Å². The van der Waals surface area contributed by atoms with Crippen molar-refractivity contribution in [1.82, 2.24) is 10.6 Å². The van der Waals surface area contributed by atoms with Crippen LogP contribution in [-0.4, -0.2) is 19.0 Å². The molecule has 2 aromatic rings. The van der Waals surface area contributed by atoms with Crippen LogP contribution < -0.4 is 10.6 Å². The number of hydrogen-bond donors (Lipinski definition) is 2. The molecule has 0 bridgehead atoms. The molecule has 0 saturated carbocycles. The molecular weight excluding hydrogens is 320 g/mol. The number of nitrogens with one attached hydrogen (secondary N) is 2. The van der Waals surface area contributed by atoms with Crippen LogP contribution >= 0.6 is 11.8 Å². The van der Waals surface area contributed by atoms with E-state index in [4.69, 9.17) is 0 Å². The summed E-state index contributed by atoms with van der Waals surface area (Å²) in [7, 11) is 1.49. The minimum absolute atomic E-state index is 0.314. The first-order valence-corrected chi connectivity index (χ1v) is 8.91. The van der Waals surface area contributed by atoms with E-state index in [0.29, 0.717) is 0 Å². The number of hydrogen-bond acceptors (Lipinski definition) is 3. The van der Waals surface area contributed by atoms with E-state index < -0.39 is 11.3 Å². The Morgan fingerprint density at radius 2 is 1.79 bits per heavy atom. The lowest BCUT2D eigenvalue weighted by Crippen LogP contribution is -2.39. The summed E-state index contributed by atoms with van der Waals surface area (Å²) in [5.74, 6) is -0.314. The SMILES string of the molecule is CNC(=O)NC(=O)[C@H](Sc1ccc2c(c1)CCC2)c1ccccc1. The number of imide groups is 1. The van der Waals surface area contributed by atoms with E-state index in [2.05, 4.69) is 28.8 Å². The molecule has 4 nitrogen and oxygen atoms in total. The fourth-order valence-corrected chi connectivity index (χ4v) is 3.99. The van der Waals surface area contributed by atoms with Crippen molar-refractivity contribution in [2.24, 2.45) is 0 Å². The summed E-state index contributed by atoms with van der Waals surface area (Å²) >= 11 is 1.48. The summed E-state index contributed by atoms with van der Waals surface area (Å²) in [5.41, 5.74) is 3.66. The quantitative estimate of drug-likeness (QED) is 0.838. The van der Waals surface area contributed by atoms with Gasteiger partial charge < -0.3 is 5.32 Å². The lowest BCUT2D eigenvalue weighted by molar-refractivity contribution is -0.119. The summed E-state index contributed by atoms with van der Waals surface area (Å²) in [4.78, 5) is 25.1. The number of benzene rings is 2. The Balaban J connectivity index is 1.84. The van der Waals surface area contributed by atoms with E-state index in [1.54, 1.807) is 0 Å². The van der Waals surface area contributed by atoms with Gasteiger partial charge in [0.15, 0.2) is 0 Å². The van der Waals surface area contributed by atoms with Gasteiger partial charge in [0, 0.05) is 11.9 Å². The maximum atomic E-state index is 12.6. The Kier molecular flexibility index (Phi) is 5.20. The first kappa shape index (κ1) is 16.6. The molecule has 0 spiro atoms. The summed E-state index contributed by atoms with van der Waals surface area (Å²) in [6.07, 6.45) is 3.44. The molecule has 0 aliphatic heterocycles. The number of aryl methyl sites for hydroxylation is 2. The first-order valence-electron chi connectivity index (χ1n) is 8.03. The van der Waals surface area contributed by atoms with Gasteiger partial charge in [-0.15, -0.1) is 11.8 Å². The second kappa shape index (κ2) is 7.53. The highest BCUT2D eigenvalue weighted by Crippen LogP contribution is 2.37. The molecule has 2 N–H and O–H groups in total. The highest BCUT2D eigenvalue weighted by Gasteiger charge is 2.24. The van der Waals surface area contributed by atoms with Crippen LogP contribution in [0.25, 0.3) is 0 Å². The maximum Gasteiger partial charge on any atom is 0.321 e. The molecule has 5 heteroatoms. The van der Waals surface area contributed by atoms with Gasteiger partial charge >= 0.3 is 6.03 Å². The zero-order valence-corrected chi connectivity index (χ0v) is 14.4. The highest BCUT2D eigenvalue weighted by atomic mass is 32.2. The molecule has 1 aliphatic carbocycles. The van der Waals surface area contributed by atoms with Crippen molar-refractivity contribution in [1.29, 1.82) is 0 Å². The minimum Gasteiger partial charge on any atom is -0.341 e. The molecule has 0 radical (unpaired) electrons. The molecule has 0 aromatic heterocycles. The predicted octanol–water partition coefficient (Wildman–Crippen LogP) is 3.46. The molecule has 1 atom stereocenters.